The van der Waals surface area contributed by atoms with E-state index in [9.17, 15) is 22.8 Å². The average Bonchev–Trinajstić information content (AvgIpc) is 2.58. The number of pyridine rings is 1. The number of alkyl halides is 3. The zero-order valence-corrected chi connectivity index (χ0v) is 14.8. The van der Waals surface area contributed by atoms with Gasteiger partial charge in [-0.15, -0.1) is 0 Å². The summed E-state index contributed by atoms with van der Waals surface area (Å²) in [6, 6.07) is 2.40. The Bertz CT molecular complexity index is 749. The van der Waals surface area contributed by atoms with E-state index in [4.69, 9.17) is 16.9 Å². The van der Waals surface area contributed by atoms with Gasteiger partial charge in [-0.05, 0) is 13.0 Å². The maximum Gasteiger partial charge on any atom is 0.417 e. The molecule has 0 saturated heterocycles. The fourth-order valence-electron chi connectivity index (χ4n) is 1.65. The number of anilines is 1. The van der Waals surface area contributed by atoms with Crippen LogP contribution in [0.25, 0.3) is 0 Å². The number of carbonyl (C=O) groups excluding carboxylic acids is 2. The summed E-state index contributed by atoms with van der Waals surface area (Å²) in [6.45, 7) is 1.82. The van der Waals surface area contributed by atoms with Crippen molar-refractivity contribution in [2.45, 2.75) is 13.1 Å². The Hall–Kier alpha value is -2.87. The van der Waals surface area contributed by atoms with Gasteiger partial charge in [-0.25, -0.2) is 9.78 Å². The minimum Gasteiger partial charge on any atom is -0.450 e. The first-order valence-corrected chi connectivity index (χ1v) is 7.90. The number of aliphatic imine (C=N–C) groups is 1. The third kappa shape index (κ3) is 7.49. The van der Waals surface area contributed by atoms with Gasteiger partial charge in [0.25, 0.3) is 5.91 Å². The molecule has 2 amide bonds. The highest BCUT2D eigenvalue weighted by Crippen LogP contribution is 2.32. The molecular weight excluding hydrogens is 391 g/mol. The van der Waals surface area contributed by atoms with Gasteiger partial charge >= 0.3 is 12.3 Å². The lowest BCUT2D eigenvalue weighted by atomic mass is 10.2. The lowest BCUT2D eigenvalue weighted by Crippen LogP contribution is -2.36. The predicted octanol–water partition coefficient (Wildman–Crippen LogP) is 2.65. The summed E-state index contributed by atoms with van der Waals surface area (Å²) in [4.78, 5) is 30.2. The Balaban J connectivity index is 2.51. The van der Waals surface area contributed by atoms with Crippen molar-refractivity contribution in [2.24, 2.45) is 10.9 Å². The summed E-state index contributed by atoms with van der Waals surface area (Å²) in [5, 5.41) is 13.3. The molecule has 27 heavy (non-hydrogen) atoms. The summed E-state index contributed by atoms with van der Waals surface area (Å²) in [5.41, 5.74) is -0.972. The van der Waals surface area contributed by atoms with E-state index in [2.05, 4.69) is 20.0 Å². The molecule has 8 nitrogen and oxygen atoms in total. The number of halogens is 4. The van der Waals surface area contributed by atoms with Crippen LogP contribution in [-0.2, 0) is 15.7 Å². The highest BCUT2D eigenvalue weighted by molar-refractivity contribution is 6.32. The minimum absolute atomic E-state index is 0.0387. The van der Waals surface area contributed by atoms with Crippen molar-refractivity contribution in [3.63, 3.8) is 0 Å². The summed E-state index contributed by atoms with van der Waals surface area (Å²) in [7, 11) is 0. The van der Waals surface area contributed by atoms with Crippen LogP contribution in [0.15, 0.2) is 17.3 Å². The van der Waals surface area contributed by atoms with Crippen molar-refractivity contribution in [3.8, 4) is 6.07 Å². The quantitative estimate of drug-likeness (QED) is 0.532. The van der Waals surface area contributed by atoms with E-state index >= 15 is 0 Å². The number of carbonyl (C=O) groups is 2. The van der Waals surface area contributed by atoms with Crippen LogP contribution in [-0.4, -0.2) is 42.9 Å². The Morgan fingerprint density at radius 1 is 1.52 bits per heavy atom. The molecule has 0 saturated carbocycles. The smallest absolute Gasteiger partial charge is 0.417 e. The van der Waals surface area contributed by atoms with Crippen molar-refractivity contribution in [2.75, 3.05) is 25.0 Å². The second-order valence-corrected chi connectivity index (χ2v) is 5.26. The molecule has 0 bridgehead atoms. The second-order valence-electron chi connectivity index (χ2n) is 4.85. The van der Waals surface area contributed by atoms with Crippen LogP contribution in [0.5, 0.6) is 0 Å². The standard InChI is InChI=1S/C15H15ClF3N5O3/c1-2-27-14(26)24-13(25)9(6-20)7-21-3-4-22-12-11(16)5-10(8-23-12)15(17,18)19/h5,7-9H,2-4H2,1H3,(H,22,23)(H,24,25,26)/t9-/m1/s1. The maximum absolute atomic E-state index is 12.5. The lowest BCUT2D eigenvalue weighted by Gasteiger charge is -2.10. The third-order valence-electron chi connectivity index (χ3n) is 2.88. The molecule has 0 fully saturated rings. The van der Waals surface area contributed by atoms with Crippen LogP contribution < -0.4 is 10.6 Å². The predicted molar refractivity (Wildman–Crippen MR) is 90.4 cm³/mol. The number of aromatic nitrogens is 1. The van der Waals surface area contributed by atoms with Crippen molar-refractivity contribution < 1.29 is 27.5 Å². The molecule has 1 rings (SSSR count). The SMILES string of the molecule is CCOC(=O)NC(=O)[C@H](C#N)C=NCCNc1ncc(C(F)(F)F)cc1Cl. The Morgan fingerprint density at radius 2 is 2.22 bits per heavy atom. The van der Waals surface area contributed by atoms with E-state index in [1.165, 1.54) is 0 Å². The van der Waals surface area contributed by atoms with Gasteiger partial charge in [-0.1, -0.05) is 11.6 Å². The summed E-state index contributed by atoms with van der Waals surface area (Å²) < 4.78 is 42.1. The first kappa shape index (κ1) is 22.2. The largest absolute Gasteiger partial charge is 0.450 e. The van der Waals surface area contributed by atoms with Gasteiger partial charge in [0.2, 0.25) is 0 Å². The van der Waals surface area contributed by atoms with Crippen LogP contribution in [0.4, 0.5) is 23.8 Å². The number of nitrogens with zero attached hydrogens (tertiary/aromatic N) is 3. The zero-order chi connectivity index (χ0) is 20.4. The Kier molecular flexibility index (Phi) is 8.47. The van der Waals surface area contributed by atoms with E-state index in [1.807, 2.05) is 5.32 Å². The average molecular weight is 406 g/mol. The van der Waals surface area contributed by atoms with Crippen molar-refractivity contribution >= 4 is 35.6 Å². The number of hydrogen-bond acceptors (Lipinski definition) is 7. The Labute approximate surface area is 157 Å². The second kappa shape index (κ2) is 10.3. The van der Waals surface area contributed by atoms with Crippen LogP contribution in [0.1, 0.15) is 12.5 Å². The molecule has 1 aromatic rings. The van der Waals surface area contributed by atoms with Crippen LogP contribution in [0.3, 0.4) is 0 Å². The summed E-state index contributed by atoms with van der Waals surface area (Å²) >= 11 is 5.73. The molecule has 146 valence electrons. The number of nitrogens with one attached hydrogen (secondary N) is 2. The van der Waals surface area contributed by atoms with Crippen LogP contribution >= 0.6 is 11.6 Å². The molecule has 0 aliphatic rings. The van der Waals surface area contributed by atoms with Gasteiger partial charge in [0, 0.05) is 19.0 Å². The summed E-state index contributed by atoms with van der Waals surface area (Å²) in [6.07, 6.45) is -3.84. The Morgan fingerprint density at radius 3 is 2.78 bits per heavy atom. The molecular formula is C15H15ClF3N5O3. The molecule has 0 aliphatic carbocycles. The molecule has 1 atom stereocenters. The van der Waals surface area contributed by atoms with Gasteiger partial charge in [0.05, 0.1) is 29.8 Å². The molecule has 12 heteroatoms. The van der Waals surface area contributed by atoms with Crippen LogP contribution in [0.2, 0.25) is 5.02 Å². The highest BCUT2D eigenvalue weighted by atomic mass is 35.5. The van der Waals surface area contributed by atoms with Gasteiger partial charge in [-0.2, -0.15) is 18.4 Å². The monoisotopic (exact) mass is 405 g/mol. The maximum atomic E-state index is 12.5. The van der Waals surface area contributed by atoms with Crippen molar-refractivity contribution in [1.29, 1.82) is 5.26 Å². The number of ether oxygens (including phenoxy) is 1. The molecule has 2 N–H and O–H groups in total. The summed E-state index contributed by atoms with van der Waals surface area (Å²) in [5.74, 6) is -2.15. The zero-order valence-electron chi connectivity index (χ0n) is 14.0. The van der Waals surface area contributed by atoms with Crippen LogP contribution in [0, 0.1) is 17.2 Å². The van der Waals surface area contributed by atoms with Crippen molar-refractivity contribution in [3.05, 3.63) is 22.8 Å². The van der Waals surface area contributed by atoms with Crippen molar-refractivity contribution in [1.82, 2.24) is 10.3 Å². The first-order chi connectivity index (χ1) is 12.7. The fraction of sp³-hybridized carbons (Fsp3) is 0.400. The molecule has 0 radical (unpaired) electrons. The molecule has 0 aliphatic heterocycles. The minimum atomic E-state index is -4.55. The molecule has 0 aromatic carbocycles. The third-order valence-corrected chi connectivity index (χ3v) is 3.17. The molecule has 0 unspecified atom stereocenters. The van der Waals surface area contributed by atoms with Gasteiger partial charge < -0.3 is 10.1 Å². The number of imide groups is 1. The van der Waals surface area contributed by atoms with E-state index in [0.29, 0.717) is 6.20 Å². The van der Waals surface area contributed by atoms with Gasteiger partial charge in [-0.3, -0.25) is 15.1 Å². The number of amides is 2. The number of alkyl carbamates (subject to hydrolysis) is 1. The van der Waals surface area contributed by atoms with E-state index < -0.39 is 29.7 Å². The van der Waals surface area contributed by atoms with Gasteiger partial charge in [0.15, 0.2) is 5.92 Å². The number of rotatable bonds is 7. The van der Waals surface area contributed by atoms with E-state index in [1.54, 1.807) is 13.0 Å². The lowest BCUT2D eigenvalue weighted by molar-refractivity contribution is -0.137. The van der Waals surface area contributed by atoms with Gasteiger partial charge in [0.1, 0.15) is 5.82 Å². The number of hydrogen-bond donors (Lipinski definition) is 2. The highest BCUT2D eigenvalue weighted by Gasteiger charge is 2.31. The topological polar surface area (TPSA) is 116 Å². The normalized spacial score (nSPS) is 12.3. The molecule has 0 spiro atoms. The molecule has 1 aromatic heterocycles. The number of nitriles is 1. The molecule has 1 heterocycles. The van der Waals surface area contributed by atoms with E-state index in [-0.39, 0.29) is 30.5 Å². The first-order valence-electron chi connectivity index (χ1n) is 7.52. The van der Waals surface area contributed by atoms with E-state index in [0.717, 1.165) is 12.3 Å². The fourth-order valence-corrected chi connectivity index (χ4v) is 1.88.